The highest BCUT2D eigenvalue weighted by molar-refractivity contribution is 5.85. The highest BCUT2D eigenvalue weighted by atomic mass is 35.5. The topological polar surface area (TPSA) is 68.1 Å². The molecule has 25 heavy (non-hydrogen) atoms. The van der Waals surface area contributed by atoms with Crippen molar-refractivity contribution in [3.63, 3.8) is 0 Å². The number of carbonyl (C=O) groups is 1. The number of aromatic amines is 1. The quantitative estimate of drug-likeness (QED) is 0.681. The van der Waals surface area contributed by atoms with E-state index in [0.29, 0.717) is 6.42 Å². The predicted octanol–water partition coefficient (Wildman–Crippen LogP) is 3.82. The van der Waals surface area contributed by atoms with Crippen molar-refractivity contribution in [2.45, 2.75) is 32.9 Å². The Hall–Kier alpha value is -2.30. The molecule has 1 atom stereocenters. The number of nitrogens with two attached hydrogens (primary N) is 1. The van der Waals surface area contributed by atoms with Gasteiger partial charge in [0.05, 0.1) is 0 Å². The van der Waals surface area contributed by atoms with Gasteiger partial charge in [0.1, 0.15) is 12.6 Å². The van der Waals surface area contributed by atoms with Crippen molar-refractivity contribution in [3.8, 4) is 0 Å². The average Bonchev–Trinajstić information content (AvgIpc) is 2.95. The van der Waals surface area contributed by atoms with Crippen molar-refractivity contribution in [3.05, 3.63) is 70.9 Å². The van der Waals surface area contributed by atoms with Crippen LogP contribution in [0.1, 0.15) is 22.3 Å². The molecule has 0 saturated carbocycles. The summed E-state index contributed by atoms with van der Waals surface area (Å²) in [5.41, 5.74) is 11.4. The third kappa shape index (κ3) is 4.62. The van der Waals surface area contributed by atoms with E-state index in [0.717, 1.165) is 33.2 Å². The Morgan fingerprint density at radius 2 is 1.84 bits per heavy atom. The summed E-state index contributed by atoms with van der Waals surface area (Å²) < 4.78 is 5.39. The van der Waals surface area contributed by atoms with Crippen molar-refractivity contribution in [2.75, 3.05) is 0 Å². The van der Waals surface area contributed by atoms with Gasteiger partial charge in [-0.15, -0.1) is 12.4 Å². The number of nitrogens with one attached hydrogen (secondary N) is 1. The summed E-state index contributed by atoms with van der Waals surface area (Å²) in [5.74, 6) is -0.376. The zero-order valence-corrected chi connectivity index (χ0v) is 15.2. The lowest BCUT2D eigenvalue weighted by molar-refractivity contribution is -0.146. The molecule has 4 nitrogen and oxygen atoms in total. The molecule has 0 saturated heterocycles. The lowest BCUT2D eigenvalue weighted by Gasteiger charge is -2.12. The standard InChI is InChI=1S/C20H22N2O2.ClH/c1-13-7-14(2)9-15(8-13)12-24-20(23)18(21)10-16-11-22-19-6-4-3-5-17(16)19;/h3-9,11,18,22H,10,12,21H2,1-2H3;1H. The monoisotopic (exact) mass is 358 g/mol. The predicted molar refractivity (Wildman–Crippen MR) is 103 cm³/mol. The van der Waals surface area contributed by atoms with Gasteiger partial charge in [-0.2, -0.15) is 0 Å². The number of halogens is 1. The third-order valence-electron chi connectivity index (χ3n) is 4.08. The molecule has 1 heterocycles. The molecule has 0 bridgehead atoms. The van der Waals surface area contributed by atoms with E-state index in [2.05, 4.69) is 11.1 Å². The van der Waals surface area contributed by atoms with Crippen molar-refractivity contribution >= 4 is 29.3 Å². The number of benzene rings is 2. The van der Waals surface area contributed by atoms with E-state index in [-0.39, 0.29) is 25.0 Å². The Morgan fingerprint density at radius 1 is 1.16 bits per heavy atom. The van der Waals surface area contributed by atoms with E-state index in [1.165, 1.54) is 0 Å². The number of hydrogen-bond acceptors (Lipinski definition) is 3. The minimum atomic E-state index is -0.671. The molecule has 3 N–H and O–H groups in total. The molecule has 0 fully saturated rings. The van der Waals surface area contributed by atoms with Crippen LogP contribution in [0, 0.1) is 13.8 Å². The Morgan fingerprint density at radius 3 is 2.56 bits per heavy atom. The van der Waals surface area contributed by atoms with Gasteiger partial charge in [0, 0.05) is 23.5 Å². The largest absolute Gasteiger partial charge is 0.460 e. The van der Waals surface area contributed by atoms with Crippen LogP contribution in [0.2, 0.25) is 0 Å². The minimum Gasteiger partial charge on any atom is -0.460 e. The summed E-state index contributed by atoms with van der Waals surface area (Å²) in [5, 5.41) is 1.09. The molecule has 1 unspecified atom stereocenters. The summed E-state index contributed by atoms with van der Waals surface area (Å²) in [7, 11) is 0. The molecule has 1 aromatic heterocycles. The van der Waals surface area contributed by atoms with Gasteiger partial charge in [0.15, 0.2) is 0 Å². The fraction of sp³-hybridized carbons (Fsp3) is 0.250. The van der Waals surface area contributed by atoms with Crippen LogP contribution in [0.5, 0.6) is 0 Å². The van der Waals surface area contributed by atoms with Crippen molar-refractivity contribution in [1.29, 1.82) is 0 Å². The van der Waals surface area contributed by atoms with Crippen LogP contribution < -0.4 is 5.73 Å². The van der Waals surface area contributed by atoms with Gasteiger partial charge in [0.25, 0.3) is 0 Å². The molecule has 3 rings (SSSR count). The number of fused-ring (bicyclic) bond motifs is 1. The maximum absolute atomic E-state index is 12.2. The number of hydrogen-bond donors (Lipinski definition) is 2. The molecule has 0 aliphatic carbocycles. The van der Waals surface area contributed by atoms with Gasteiger partial charge in [-0.3, -0.25) is 4.79 Å². The first-order valence-electron chi connectivity index (χ1n) is 8.07. The summed E-state index contributed by atoms with van der Waals surface area (Å²) in [6, 6.07) is 13.4. The number of rotatable bonds is 5. The molecule has 132 valence electrons. The Labute approximate surface area is 153 Å². The lowest BCUT2D eigenvalue weighted by atomic mass is 10.1. The van der Waals surface area contributed by atoms with Gasteiger partial charge in [-0.1, -0.05) is 47.5 Å². The summed E-state index contributed by atoms with van der Waals surface area (Å²) in [6.45, 7) is 4.31. The van der Waals surface area contributed by atoms with Crippen LogP contribution in [-0.2, 0) is 22.6 Å². The van der Waals surface area contributed by atoms with Crippen LogP contribution >= 0.6 is 12.4 Å². The highest BCUT2D eigenvalue weighted by Gasteiger charge is 2.17. The lowest BCUT2D eigenvalue weighted by Crippen LogP contribution is -2.34. The van der Waals surface area contributed by atoms with Gasteiger partial charge in [0.2, 0.25) is 0 Å². The molecule has 3 aromatic rings. The maximum Gasteiger partial charge on any atom is 0.323 e. The number of ether oxygens (including phenoxy) is 1. The molecule has 0 aliphatic rings. The molecule has 2 aromatic carbocycles. The van der Waals surface area contributed by atoms with Crippen molar-refractivity contribution in [1.82, 2.24) is 4.98 Å². The number of H-pyrrole nitrogens is 1. The number of aryl methyl sites for hydroxylation is 2. The van der Waals surface area contributed by atoms with Crippen LogP contribution in [-0.4, -0.2) is 17.0 Å². The van der Waals surface area contributed by atoms with Crippen LogP contribution in [0.25, 0.3) is 10.9 Å². The van der Waals surface area contributed by atoms with E-state index >= 15 is 0 Å². The number of esters is 1. The van der Waals surface area contributed by atoms with E-state index in [9.17, 15) is 4.79 Å². The normalized spacial score (nSPS) is 11.8. The second-order valence-electron chi connectivity index (χ2n) is 6.27. The van der Waals surface area contributed by atoms with Gasteiger partial charge in [-0.05, 0) is 31.0 Å². The van der Waals surface area contributed by atoms with Gasteiger partial charge < -0.3 is 15.5 Å². The molecule has 0 aliphatic heterocycles. The fourth-order valence-electron chi connectivity index (χ4n) is 3.03. The molecule has 0 amide bonds. The summed E-state index contributed by atoms with van der Waals surface area (Å²) in [4.78, 5) is 15.4. The van der Waals surface area contributed by atoms with Gasteiger partial charge >= 0.3 is 5.97 Å². The third-order valence-corrected chi connectivity index (χ3v) is 4.08. The molecular formula is C20H23ClN2O2. The van der Waals surface area contributed by atoms with Crippen LogP contribution in [0.3, 0.4) is 0 Å². The second-order valence-corrected chi connectivity index (χ2v) is 6.27. The number of aromatic nitrogens is 1. The van der Waals surface area contributed by atoms with E-state index in [1.54, 1.807) is 0 Å². The van der Waals surface area contributed by atoms with E-state index in [4.69, 9.17) is 10.5 Å². The first-order valence-corrected chi connectivity index (χ1v) is 8.07. The summed E-state index contributed by atoms with van der Waals surface area (Å²) >= 11 is 0. The van der Waals surface area contributed by atoms with E-state index < -0.39 is 6.04 Å². The molecule has 0 radical (unpaired) electrons. The van der Waals surface area contributed by atoms with Crippen LogP contribution in [0.15, 0.2) is 48.7 Å². The zero-order valence-electron chi connectivity index (χ0n) is 14.4. The Balaban J connectivity index is 0.00000225. The van der Waals surface area contributed by atoms with Crippen molar-refractivity contribution in [2.24, 2.45) is 5.73 Å². The second kappa shape index (κ2) is 8.19. The van der Waals surface area contributed by atoms with Crippen molar-refractivity contribution < 1.29 is 9.53 Å². The van der Waals surface area contributed by atoms with Crippen LogP contribution in [0.4, 0.5) is 0 Å². The zero-order chi connectivity index (χ0) is 17.1. The molecule has 0 spiro atoms. The fourth-order valence-corrected chi connectivity index (χ4v) is 3.03. The maximum atomic E-state index is 12.2. The van der Waals surface area contributed by atoms with Gasteiger partial charge in [-0.25, -0.2) is 0 Å². The summed E-state index contributed by atoms with van der Waals surface area (Å²) in [6.07, 6.45) is 2.36. The minimum absolute atomic E-state index is 0. The smallest absolute Gasteiger partial charge is 0.323 e. The number of para-hydroxylation sites is 1. The molecular weight excluding hydrogens is 336 g/mol. The number of carbonyl (C=O) groups excluding carboxylic acids is 1. The Bertz CT molecular complexity index is 853. The van der Waals surface area contributed by atoms with E-state index in [1.807, 2.05) is 56.4 Å². The molecule has 5 heteroatoms. The first-order chi connectivity index (χ1) is 11.5. The average molecular weight is 359 g/mol. The highest BCUT2D eigenvalue weighted by Crippen LogP contribution is 2.19. The first kappa shape index (κ1) is 19.0. The Kier molecular flexibility index (Phi) is 6.23. The SMILES string of the molecule is Cc1cc(C)cc(COC(=O)C(N)Cc2c[nH]c3ccccc23)c1.Cl.